The third-order valence-electron chi connectivity index (χ3n) is 6.08. The molecule has 0 radical (unpaired) electrons. The summed E-state index contributed by atoms with van der Waals surface area (Å²) in [5.74, 6) is 2.70. The average molecular weight is 360 g/mol. The van der Waals surface area contributed by atoms with E-state index in [1.165, 1.54) is 45.2 Å². The van der Waals surface area contributed by atoms with Crippen molar-refractivity contribution in [1.29, 1.82) is 0 Å². The van der Waals surface area contributed by atoms with Crippen LogP contribution in [0.4, 0.5) is 0 Å². The van der Waals surface area contributed by atoms with Crippen LogP contribution in [-0.4, -0.2) is 68.1 Å². The summed E-state index contributed by atoms with van der Waals surface area (Å²) in [6, 6.07) is 5.25. The Bertz CT molecular complexity index is 577. The molecule has 1 aromatic heterocycles. The minimum atomic E-state index is 0.280. The lowest BCUT2D eigenvalue weighted by molar-refractivity contribution is 0.215. The van der Waals surface area contributed by atoms with Crippen LogP contribution in [-0.2, 0) is 0 Å². The predicted octanol–water partition coefficient (Wildman–Crippen LogP) is 2.07. The topological polar surface area (TPSA) is 56.0 Å². The first-order valence-electron chi connectivity index (χ1n) is 10.3. The standard InChI is InChI=1S/C20H33N5O/c1-21-20(22-13-16-8-11-25(15-16)17-6-7-17)23-14-18(19-5-4-12-26-19)24-9-2-3-10-24/h4-5,12,16-18H,2-3,6-11,13-15H2,1H3,(H2,21,22,23). The fourth-order valence-electron chi connectivity index (χ4n) is 4.40. The van der Waals surface area contributed by atoms with Crippen molar-refractivity contribution in [2.24, 2.45) is 10.9 Å². The van der Waals surface area contributed by atoms with E-state index >= 15 is 0 Å². The molecule has 3 aliphatic rings. The number of nitrogens with zero attached hydrogens (tertiary/aromatic N) is 3. The summed E-state index contributed by atoms with van der Waals surface area (Å²) < 4.78 is 5.71. The predicted molar refractivity (Wildman–Crippen MR) is 104 cm³/mol. The molecule has 2 N–H and O–H groups in total. The molecule has 4 rings (SSSR count). The normalized spacial score (nSPS) is 26.3. The van der Waals surface area contributed by atoms with Crippen LogP contribution in [0.2, 0.25) is 0 Å². The van der Waals surface area contributed by atoms with E-state index in [1.54, 1.807) is 6.26 Å². The minimum absolute atomic E-state index is 0.280. The molecule has 2 unspecified atom stereocenters. The third kappa shape index (κ3) is 4.41. The molecule has 144 valence electrons. The number of aliphatic imine (C=N–C) groups is 1. The molecule has 2 saturated heterocycles. The third-order valence-corrected chi connectivity index (χ3v) is 6.08. The number of guanidine groups is 1. The lowest BCUT2D eigenvalue weighted by Crippen LogP contribution is -2.44. The van der Waals surface area contributed by atoms with E-state index in [-0.39, 0.29) is 6.04 Å². The maximum Gasteiger partial charge on any atom is 0.191 e. The molecule has 2 aliphatic heterocycles. The number of hydrogen-bond acceptors (Lipinski definition) is 4. The number of rotatable bonds is 7. The first kappa shape index (κ1) is 17.9. The SMILES string of the molecule is CN=C(NCC1CCN(C2CC2)C1)NCC(c1ccco1)N1CCCC1. The Labute approximate surface area is 157 Å². The highest BCUT2D eigenvalue weighted by molar-refractivity contribution is 5.79. The van der Waals surface area contributed by atoms with Gasteiger partial charge in [0, 0.05) is 32.7 Å². The summed E-state index contributed by atoms with van der Waals surface area (Å²) in [6.07, 6.45) is 8.47. The van der Waals surface area contributed by atoms with Gasteiger partial charge in [-0.15, -0.1) is 0 Å². The highest BCUT2D eigenvalue weighted by Gasteiger charge is 2.34. The smallest absolute Gasteiger partial charge is 0.191 e. The van der Waals surface area contributed by atoms with Crippen LogP contribution in [0.1, 0.15) is 43.9 Å². The van der Waals surface area contributed by atoms with Gasteiger partial charge >= 0.3 is 0 Å². The zero-order valence-electron chi connectivity index (χ0n) is 16.0. The van der Waals surface area contributed by atoms with Crippen LogP contribution in [0.25, 0.3) is 0 Å². The summed E-state index contributed by atoms with van der Waals surface area (Å²) in [7, 11) is 1.86. The molecule has 1 aromatic rings. The summed E-state index contributed by atoms with van der Waals surface area (Å²) in [6.45, 7) is 6.66. The van der Waals surface area contributed by atoms with Crippen LogP contribution in [0.15, 0.2) is 27.8 Å². The van der Waals surface area contributed by atoms with Gasteiger partial charge in [-0.1, -0.05) is 0 Å². The van der Waals surface area contributed by atoms with Crippen LogP contribution in [0.5, 0.6) is 0 Å². The second-order valence-corrected chi connectivity index (χ2v) is 7.99. The lowest BCUT2D eigenvalue weighted by atomic mass is 10.1. The van der Waals surface area contributed by atoms with Crippen molar-refractivity contribution >= 4 is 5.96 Å². The van der Waals surface area contributed by atoms with Crippen LogP contribution < -0.4 is 10.6 Å². The van der Waals surface area contributed by atoms with E-state index in [4.69, 9.17) is 4.42 Å². The number of hydrogen-bond donors (Lipinski definition) is 2. The molecular weight excluding hydrogens is 326 g/mol. The zero-order chi connectivity index (χ0) is 17.8. The Morgan fingerprint density at radius 3 is 2.77 bits per heavy atom. The Hall–Kier alpha value is -1.53. The van der Waals surface area contributed by atoms with E-state index in [9.17, 15) is 0 Å². The quantitative estimate of drug-likeness (QED) is 0.577. The van der Waals surface area contributed by atoms with Gasteiger partial charge in [-0.2, -0.15) is 0 Å². The van der Waals surface area contributed by atoms with E-state index in [2.05, 4.69) is 31.5 Å². The van der Waals surface area contributed by atoms with E-state index in [0.29, 0.717) is 0 Å². The van der Waals surface area contributed by atoms with E-state index in [1.807, 2.05) is 13.1 Å². The zero-order valence-corrected chi connectivity index (χ0v) is 16.0. The molecule has 3 heterocycles. The van der Waals surface area contributed by atoms with Crippen LogP contribution >= 0.6 is 0 Å². The lowest BCUT2D eigenvalue weighted by Gasteiger charge is -2.27. The minimum Gasteiger partial charge on any atom is -0.468 e. The Morgan fingerprint density at radius 2 is 2.08 bits per heavy atom. The molecular formula is C20H33N5O. The monoisotopic (exact) mass is 359 g/mol. The van der Waals surface area contributed by atoms with Gasteiger partial charge in [0.2, 0.25) is 0 Å². The number of nitrogens with one attached hydrogen (secondary N) is 2. The molecule has 6 nitrogen and oxygen atoms in total. The fourth-order valence-corrected chi connectivity index (χ4v) is 4.40. The summed E-state index contributed by atoms with van der Waals surface area (Å²) in [5.41, 5.74) is 0. The second-order valence-electron chi connectivity index (χ2n) is 7.99. The summed E-state index contributed by atoms with van der Waals surface area (Å²) in [5, 5.41) is 7.07. The molecule has 26 heavy (non-hydrogen) atoms. The molecule has 1 saturated carbocycles. The van der Waals surface area contributed by atoms with Gasteiger partial charge in [0.15, 0.2) is 5.96 Å². The van der Waals surface area contributed by atoms with Gasteiger partial charge in [0.1, 0.15) is 5.76 Å². The van der Waals surface area contributed by atoms with Crippen molar-refractivity contribution in [3.8, 4) is 0 Å². The van der Waals surface area contributed by atoms with Gasteiger partial charge < -0.3 is 20.0 Å². The van der Waals surface area contributed by atoms with Crippen molar-refractivity contribution < 1.29 is 4.42 Å². The number of furan rings is 1. The van der Waals surface area contributed by atoms with Crippen LogP contribution in [0, 0.1) is 5.92 Å². The van der Waals surface area contributed by atoms with Gasteiger partial charge in [-0.3, -0.25) is 9.89 Å². The van der Waals surface area contributed by atoms with E-state index < -0.39 is 0 Å². The maximum atomic E-state index is 5.71. The maximum absolute atomic E-state index is 5.71. The summed E-state index contributed by atoms with van der Waals surface area (Å²) in [4.78, 5) is 9.61. The van der Waals surface area contributed by atoms with Crippen molar-refractivity contribution in [2.75, 3.05) is 46.3 Å². The number of likely N-dealkylation sites (tertiary alicyclic amines) is 2. The molecule has 1 aliphatic carbocycles. The Kier molecular flexibility index (Phi) is 5.80. The van der Waals surface area contributed by atoms with Gasteiger partial charge in [0.25, 0.3) is 0 Å². The molecule has 0 bridgehead atoms. The highest BCUT2D eigenvalue weighted by Crippen LogP contribution is 2.31. The molecule has 0 spiro atoms. The van der Waals surface area contributed by atoms with Crippen molar-refractivity contribution in [3.63, 3.8) is 0 Å². The molecule has 0 aromatic carbocycles. The molecule has 3 fully saturated rings. The van der Waals surface area contributed by atoms with Crippen molar-refractivity contribution in [1.82, 2.24) is 20.4 Å². The Morgan fingerprint density at radius 1 is 1.23 bits per heavy atom. The first-order chi connectivity index (χ1) is 12.8. The average Bonchev–Trinajstić information content (AvgIpc) is 3.12. The van der Waals surface area contributed by atoms with Crippen molar-refractivity contribution in [3.05, 3.63) is 24.2 Å². The summed E-state index contributed by atoms with van der Waals surface area (Å²) >= 11 is 0. The van der Waals surface area contributed by atoms with Gasteiger partial charge in [-0.05, 0) is 69.8 Å². The highest BCUT2D eigenvalue weighted by atomic mass is 16.3. The molecule has 2 atom stereocenters. The first-order valence-corrected chi connectivity index (χ1v) is 10.3. The molecule has 6 heteroatoms. The fraction of sp³-hybridized carbons (Fsp3) is 0.750. The van der Waals surface area contributed by atoms with E-state index in [0.717, 1.165) is 49.9 Å². The second kappa shape index (κ2) is 8.44. The van der Waals surface area contributed by atoms with Gasteiger partial charge in [0.05, 0.1) is 12.3 Å². The Balaban J connectivity index is 1.25. The van der Waals surface area contributed by atoms with Crippen molar-refractivity contribution in [2.45, 2.75) is 44.2 Å². The van der Waals surface area contributed by atoms with Crippen LogP contribution in [0.3, 0.4) is 0 Å². The molecule has 0 amide bonds. The van der Waals surface area contributed by atoms with Gasteiger partial charge in [-0.25, -0.2) is 0 Å². The largest absolute Gasteiger partial charge is 0.468 e.